The highest BCUT2D eigenvalue weighted by Gasteiger charge is 2.10. The van der Waals surface area contributed by atoms with Crippen LogP contribution in [0.15, 0.2) is 21.2 Å². The lowest BCUT2D eigenvalue weighted by Gasteiger charge is -2.22. The summed E-state index contributed by atoms with van der Waals surface area (Å²) < 4.78 is 7.06. The van der Waals surface area contributed by atoms with Crippen molar-refractivity contribution in [1.29, 1.82) is 0 Å². The molecule has 0 aliphatic carbocycles. The molecular formula is C8H13Br2NO. The molecule has 0 saturated heterocycles. The lowest BCUT2D eigenvalue weighted by molar-refractivity contribution is -0.884. The summed E-state index contributed by atoms with van der Waals surface area (Å²) in [5.74, 6) is 1.02. The number of rotatable bonds is 2. The molecule has 1 aromatic heterocycles. The highest BCUT2D eigenvalue weighted by atomic mass is 79.9. The lowest BCUT2D eigenvalue weighted by Crippen LogP contribution is -3.00. The van der Waals surface area contributed by atoms with Gasteiger partial charge >= 0.3 is 0 Å². The number of nitrogens with zero attached hydrogens (tertiary/aromatic N) is 1. The van der Waals surface area contributed by atoms with Gasteiger partial charge in [0.25, 0.3) is 0 Å². The third-order valence-corrected chi connectivity index (χ3v) is 1.69. The Hall–Kier alpha value is 0.200. The van der Waals surface area contributed by atoms with E-state index in [9.17, 15) is 0 Å². The molecule has 0 aromatic carbocycles. The van der Waals surface area contributed by atoms with Crippen LogP contribution in [0, 0.1) is 0 Å². The average Bonchev–Trinajstić information content (AvgIpc) is 2.10. The molecule has 1 aromatic rings. The van der Waals surface area contributed by atoms with Crippen molar-refractivity contribution < 1.29 is 25.9 Å². The van der Waals surface area contributed by atoms with Gasteiger partial charge in [-0.05, 0) is 28.1 Å². The molecule has 0 unspecified atom stereocenters. The molecule has 4 heteroatoms. The summed E-state index contributed by atoms with van der Waals surface area (Å²) in [6.45, 7) is 0.922. The minimum atomic E-state index is 0. The molecule has 0 aliphatic rings. The third-order valence-electron chi connectivity index (χ3n) is 1.26. The Morgan fingerprint density at radius 2 is 1.92 bits per heavy atom. The maximum atomic E-state index is 5.36. The van der Waals surface area contributed by atoms with Crippen molar-refractivity contribution >= 4 is 15.9 Å². The molecule has 1 rings (SSSR count). The second kappa shape index (κ2) is 4.44. The molecule has 70 valence electrons. The summed E-state index contributed by atoms with van der Waals surface area (Å²) in [6.07, 6.45) is 0. The van der Waals surface area contributed by atoms with Crippen LogP contribution in [0.1, 0.15) is 5.76 Å². The molecule has 0 saturated carbocycles. The predicted octanol–water partition coefficient (Wildman–Crippen LogP) is -0.748. The Labute approximate surface area is 92.0 Å². The monoisotopic (exact) mass is 297 g/mol. The van der Waals surface area contributed by atoms with E-state index >= 15 is 0 Å². The number of quaternary nitrogens is 1. The van der Waals surface area contributed by atoms with Gasteiger partial charge < -0.3 is 25.9 Å². The van der Waals surface area contributed by atoms with Gasteiger partial charge in [0, 0.05) is 0 Å². The van der Waals surface area contributed by atoms with E-state index in [0.717, 1.165) is 21.5 Å². The number of furan rings is 1. The van der Waals surface area contributed by atoms with Gasteiger partial charge in [0.1, 0.15) is 6.54 Å². The van der Waals surface area contributed by atoms with Gasteiger partial charge in [-0.15, -0.1) is 0 Å². The smallest absolute Gasteiger partial charge is 0.169 e. The first-order valence-electron chi connectivity index (χ1n) is 3.52. The van der Waals surface area contributed by atoms with Crippen LogP contribution >= 0.6 is 15.9 Å². The van der Waals surface area contributed by atoms with Crippen molar-refractivity contribution in [3.63, 3.8) is 0 Å². The van der Waals surface area contributed by atoms with Crippen molar-refractivity contribution in [2.75, 3.05) is 21.1 Å². The molecule has 0 radical (unpaired) electrons. The molecule has 0 aliphatic heterocycles. The second-order valence-corrected chi connectivity index (χ2v) is 4.44. The van der Waals surface area contributed by atoms with E-state index < -0.39 is 0 Å². The third kappa shape index (κ3) is 4.28. The molecular weight excluding hydrogens is 286 g/mol. The molecule has 0 N–H and O–H groups in total. The highest BCUT2D eigenvalue weighted by molar-refractivity contribution is 9.10. The Morgan fingerprint density at radius 1 is 1.33 bits per heavy atom. The van der Waals surface area contributed by atoms with Gasteiger partial charge in [0.05, 0.1) is 21.1 Å². The summed E-state index contributed by atoms with van der Waals surface area (Å²) >= 11 is 3.27. The van der Waals surface area contributed by atoms with Crippen LogP contribution < -0.4 is 17.0 Å². The SMILES string of the molecule is C[N+](C)(C)Cc1ccc(Br)o1.[Br-]. The molecule has 0 atom stereocenters. The maximum absolute atomic E-state index is 5.36. The van der Waals surface area contributed by atoms with E-state index in [1.54, 1.807) is 0 Å². The van der Waals surface area contributed by atoms with Crippen LogP contribution in [-0.2, 0) is 6.54 Å². The molecule has 1 heterocycles. The quantitative estimate of drug-likeness (QED) is 0.655. The van der Waals surface area contributed by atoms with E-state index in [1.165, 1.54) is 0 Å². The van der Waals surface area contributed by atoms with E-state index in [0.29, 0.717) is 0 Å². The minimum Gasteiger partial charge on any atom is -1.00 e. The number of hydrogen-bond acceptors (Lipinski definition) is 1. The zero-order chi connectivity index (χ0) is 8.48. The normalized spacial score (nSPS) is 11.0. The van der Waals surface area contributed by atoms with Crippen LogP contribution in [0.3, 0.4) is 0 Å². The van der Waals surface area contributed by atoms with Crippen LogP contribution in [0.4, 0.5) is 0 Å². The van der Waals surface area contributed by atoms with E-state index in [2.05, 4.69) is 37.1 Å². The maximum Gasteiger partial charge on any atom is 0.169 e. The fraction of sp³-hybridized carbons (Fsp3) is 0.500. The zero-order valence-electron chi connectivity index (χ0n) is 7.47. The van der Waals surface area contributed by atoms with Crippen LogP contribution in [0.25, 0.3) is 0 Å². The van der Waals surface area contributed by atoms with Crippen molar-refractivity contribution in [1.82, 2.24) is 0 Å². The molecule has 2 nitrogen and oxygen atoms in total. The minimum absolute atomic E-state index is 0. The molecule has 0 fully saturated rings. The fourth-order valence-electron chi connectivity index (χ4n) is 0.904. The fourth-order valence-corrected chi connectivity index (χ4v) is 1.24. The Kier molecular flexibility index (Phi) is 4.51. The lowest BCUT2D eigenvalue weighted by atomic mass is 10.4. The Morgan fingerprint density at radius 3 is 2.25 bits per heavy atom. The first-order chi connectivity index (χ1) is 4.97. The molecule has 0 spiro atoms. The Balaban J connectivity index is 0.00000121. The van der Waals surface area contributed by atoms with Gasteiger partial charge in [-0.3, -0.25) is 0 Å². The molecule has 12 heavy (non-hydrogen) atoms. The standard InChI is InChI=1S/C8H13BrNO.BrH/c1-10(2,3)6-7-4-5-8(9)11-7;/h4-5H,6H2,1-3H3;1H/q+1;/p-1. The van der Waals surface area contributed by atoms with Gasteiger partial charge in [-0.2, -0.15) is 0 Å². The number of hydrogen-bond donors (Lipinski definition) is 0. The van der Waals surface area contributed by atoms with Crippen LogP contribution in [-0.4, -0.2) is 25.6 Å². The summed E-state index contributed by atoms with van der Waals surface area (Å²) in [5, 5.41) is 0. The van der Waals surface area contributed by atoms with Crippen molar-refractivity contribution in [3.05, 3.63) is 22.6 Å². The topological polar surface area (TPSA) is 13.1 Å². The van der Waals surface area contributed by atoms with Gasteiger partial charge in [0.15, 0.2) is 10.4 Å². The number of halogens is 2. The predicted molar refractivity (Wildman–Crippen MR) is 48.1 cm³/mol. The second-order valence-electron chi connectivity index (χ2n) is 3.65. The van der Waals surface area contributed by atoms with E-state index in [4.69, 9.17) is 4.42 Å². The summed E-state index contributed by atoms with van der Waals surface area (Å²) in [7, 11) is 6.41. The molecule has 0 amide bonds. The zero-order valence-corrected chi connectivity index (χ0v) is 10.6. The van der Waals surface area contributed by atoms with Crippen LogP contribution in [0.5, 0.6) is 0 Å². The van der Waals surface area contributed by atoms with Gasteiger partial charge in [-0.1, -0.05) is 0 Å². The van der Waals surface area contributed by atoms with E-state index in [-0.39, 0.29) is 17.0 Å². The first kappa shape index (κ1) is 12.2. The Bertz CT molecular complexity index is 239. The molecule has 0 bridgehead atoms. The summed E-state index contributed by atoms with van der Waals surface area (Å²) in [6, 6.07) is 3.92. The van der Waals surface area contributed by atoms with Crippen molar-refractivity contribution in [2.45, 2.75) is 6.54 Å². The van der Waals surface area contributed by atoms with E-state index in [1.807, 2.05) is 12.1 Å². The highest BCUT2D eigenvalue weighted by Crippen LogP contribution is 2.16. The summed E-state index contributed by atoms with van der Waals surface area (Å²) in [4.78, 5) is 0. The van der Waals surface area contributed by atoms with Crippen molar-refractivity contribution in [2.24, 2.45) is 0 Å². The average molecular weight is 299 g/mol. The van der Waals surface area contributed by atoms with Crippen LogP contribution in [0.2, 0.25) is 0 Å². The van der Waals surface area contributed by atoms with Gasteiger partial charge in [-0.25, -0.2) is 0 Å². The largest absolute Gasteiger partial charge is 1.00 e. The van der Waals surface area contributed by atoms with Gasteiger partial charge in [0.2, 0.25) is 0 Å². The summed E-state index contributed by atoms with van der Waals surface area (Å²) in [5.41, 5.74) is 0. The first-order valence-corrected chi connectivity index (χ1v) is 4.31. The van der Waals surface area contributed by atoms with Crippen molar-refractivity contribution in [3.8, 4) is 0 Å².